The summed E-state index contributed by atoms with van der Waals surface area (Å²) in [4.78, 5) is 25.1. The molecule has 106 valence electrons. The molecule has 8 heteroatoms. The number of aromatic nitrogens is 2. The van der Waals surface area contributed by atoms with Crippen molar-refractivity contribution < 1.29 is 20.1 Å². The predicted molar refractivity (Wildman–Crippen MR) is 63.4 cm³/mol. The van der Waals surface area contributed by atoms with Crippen LogP contribution in [0, 0.1) is 5.92 Å². The molecular weight excluding hydrogens is 256 g/mol. The van der Waals surface area contributed by atoms with E-state index in [-0.39, 0.29) is 24.7 Å². The van der Waals surface area contributed by atoms with E-state index in [1.165, 1.54) is 6.20 Å². The van der Waals surface area contributed by atoms with Gasteiger partial charge in [-0.15, -0.1) is 0 Å². The molecule has 0 amide bonds. The van der Waals surface area contributed by atoms with E-state index in [0.29, 0.717) is 6.42 Å². The second-order valence-corrected chi connectivity index (χ2v) is 4.47. The Morgan fingerprint density at radius 3 is 2.58 bits per heavy atom. The van der Waals surface area contributed by atoms with Gasteiger partial charge in [0.2, 0.25) is 0 Å². The number of hydrogen-bond donors (Lipinski definition) is 4. The van der Waals surface area contributed by atoms with Crippen molar-refractivity contribution >= 4 is 0 Å². The molecule has 8 nitrogen and oxygen atoms in total. The van der Waals surface area contributed by atoms with Gasteiger partial charge in [0, 0.05) is 25.1 Å². The smallest absolute Gasteiger partial charge is 0.330 e. The Hall–Kier alpha value is -1.48. The van der Waals surface area contributed by atoms with E-state index in [0.717, 1.165) is 4.57 Å². The highest BCUT2D eigenvalue weighted by Crippen LogP contribution is 2.31. The van der Waals surface area contributed by atoms with Crippen molar-refractivity contribution in [2.24, 2.45) is 5.92 Å². The van der Waals surface area contributed by atoms with Gasteiger partial charge >= 0.3 is 5.69 Å². The quantitative estimate of drug-likeness (QED) is 0.498. The number of nitrogens with one attached hydrogen (secondary N) is 1. The lowest BCUT2D eigenvalue weighted by atomic mass is 10.0. The van der Waals surface area contributed by atoms with E-state index >= 15 is 0 Å². The Kier molecular flexibility index (Phi) is 4.15. The van der Waals surface area contributed by atoms with Crippen molar-refractivity contribution in [2.45, 2.75) is 25.4 Å². The van der Waals surface area contributed by atoms with Gasteiger partial charge in [-0.05, 0) is 0 Å². The van der Waals surface area contributed by atoms with Crippen LogP contribution in [0.2, 0.25) is 0 Å². The van der Waals surface area contributed by atoms with Gasteiger partial charge in [-0.2, -0.15) is 0 Å². The van der Waals surface area contributed by atoms with Crippen molar-refractivity contribution in [1.29, 1.82) is 0 Å². The topological polar surface area (TPSA) is 125 Å². The molecule has 0 saturated carbocycles. The maximum absolute atomic E-state index is 11.7. The Morgan fingerprint density at radius 1 is 1.32 bits per heavy atom. The fraction of sp³-hybridized carbons (Fsp3) is 0.636. The summed E-state index contributed by atoms with van der Waals surface area (Å²) in [5.41, 5.74) is -1.24. The highest BCUT2D eigenvalue weighted by Gasteiger charge is 2.35. The summed E-state index contributed by atoms with van der Waals surface area (Å²) in [6.07, 6.45) is 0.355. The predicted octanol–water partition coefficient (Wildman–Crippen LogP) is -2.08. The first-order valence-corrected chi connectivity index (χ1v) is 5.93. The van der Waals surface area contributed by atoms with E-state index in [9.17, 15) is 14.7 Å². The monoisotopic (exact) mass is 272 g/mol. The summed E-state index contributed by atoms with van der Waals surface area (Å²) >= 11 is 0. The first-order chi connectivity index (χ1) is 9.10. The zero-order chi connectivity index (χ0) is 14.0. The number of H-pyrrole nitrogens is 1. The summed E-state index contributed by atoms with van der Waals surface area (Å²) in [5, 5.41) is 27.3. The summed E-state index contributed by atoms with van der Waals surface area (Å²) in [6.45, 7) is -0.908. The molecule has 0 unspecified atom stereocenters. The van der Waals surface area contributed by atoms with Crippen molar-refractivity contribution in [1.82, 2.24) is 9.55 Å². The van der Waals surface area contributed by atoms with E-state index in [1.54, 1.807) is 0 Å². The SMILES string of the molecule is O=c1[nH]c(=O)n([C@H]2C[C@H](CO)[C@@H](CO)O2)cc1CO. The molecule has 0 aromatic carbocycles. The molecule has 0 radical (unpaired) electrons. The molecule has 1 aromatic heterocycles. The highest BCUT2D eigenvalue weighted by molar-refractivity contribution is 5.03. The normalized spacial score (nSPS) is 26.8. The fourth-order valence-corrected chi connectivity index (χ4v) is 2.20. The fourth-order valence-electron chi connectivity index (χ4n) is 2.20. The highest BCUT2D eigenvalue weighted by atomic mass is 16.5. The van der Waals surface area contributed by atoms with Crippen LogP contribution in [0.15, 0.2) is 15.8 Å². The van der Waals surface area contributed by atoms with Gasteiger partial charge in [-0.25, -0.2) is 4.79 Å². The van der Waals surface area contributed by atoms with Crippen molar-refractivity contribution in [3.05, 3.63) is 32.6 Å². The molecule has 1 aliphatic rings. The molecule has 1 aromatic rings. The number of aromatic amines is 1. The molecule has 1 aliphatic heterocycles. The zero-order valence-corrected chi connectivity index (χ0v) is 10.2. The summed E-state index contributed by atoms with van der Waals surface area (Å²) in [5.74, 6) is -0.272. The molecule has 3 atom stereocenters. The van der Waals surface area contributed by atoms with E-state index < -0.39 is 30.2 Å². The van der Waals surface area contributed by atoms with Crippen LogP contribution in [-0.2, 0) is 11.3 Å². The Labute approximate surface area is 107 Å². The van der Waals surface area contributed by atoms with Gasteiger partial charge in [0.15, 0.2) is 0 Å². The largest absolute Gasteiger partial charge is 0.396 e. The van der Waals surface area contributed by atoms with Crippen molar-refractivity contribution in [2.75, 3.05) is 13.2 Å². The number of ether oxygens (including phenoxy) is 1. The minimum Gasteiger partial charge on any atom is -0.396 e. The molecule has 19 heavy (non-hydrogen) atoms. The number of rotatable bonds is 4. The maximum atomic E-state index is 11.7. The number of aliphatic hydroxyl groups excluding tert-OH is 3. The standard InChI is InChI=1S/C11H16N2O6/c14-3-6-1-9(19-8(6)5-16)13-2-7(4-15)10(17)12-11(13)18/h2,6,8-9,14-16H,1,3-5H2,(H,12,17,18)/t6-,8-,9-/m1/s1. The molecular formula is C11H16N2O6. The zero-order valence-electron chi connectivity index (χ0n) is 10.2. The lowest BCUT2D eigenvalue weighted by Gasteiger charge is -2.15. The van der Waals surface area contributed by atoms with Crippen LogP contribution in [-0.4, -0.2) is 44.2 Å². The van der Waals surface area contributed by atoms with Gasteiger partial charge in [0.25, 0.3) is 5.56 Å². The lowest BCUT2D eigenvalue weighted by Crippen LogP contribution is -2.34. The second-order valence-electron chi connectivity index (χ2n) is 4.47. The van der Waals surface area contributed by atoms with Crippen LogP contribution >= 0.6 is 0 Å². The molecule has 2 heterocycles. The third kappa shape index (κ3) is 2.61. The minimum atomic E-state index is -0.677. The van der Waals surface area contributed by atoms with E-state index in [2.05, 4.69) is 4.98 Å². The van der Waals surface area contributed by atoms with Crippen LogP contribution in [0.5, 0.6) is 0 Å². The molecule has 1 saturated heterocycles. The summed E-state index contributed by atoms with van der Waals surface area (Å²) in [7, 11) is 0. The molecule has 0 spiro atoms. The first kappa shape index (κ1) is 13.9. The van der Waals surface area contributed by atoms with Gasteiger partial charge in [-0.3, -0.25) is 14.3 Å². The van der Waals surface area contributed by atoms with Crippen molar-refractivity contribution in [3.63, 3.8) is 0 Å². The summed E-state index contributed by atoms with van der Waals surface area (Å²) in [6, 6.07) is 0. The third-order valence-electron chi connectivity index (χ3n) is 3.30. The number of aliphatic hydroxyl groups is 3. The average molecular weight is 272 g/mol. The Bertz CT molecular complexity index is 539. The first-order valence-electron chi connectivity index (χ1n) is 5.93. The maximum Gasteiger partial charge on any atom is 0.330 e. The third-order valence-corrected chi connectivity index (χ3v) is 3.30. The van der Waals surface area contributed by atoms with Crippen LogP contribution < -0.4 is 11.2 Å². The lowest BCUT2D eigenvalue weighted by molar-refractivity contribution is -0.0368. The average Bonchev–Trinajstić information content (AvgIpc) is 2.82. The van der Waals surface area contributed by atoms with Crippen LogP contribution in [0.1, 0.15) is 18.2 Å². The van der Waals surface area contributed by atoms with E-state index in [4.69, 9.17) is 14.9 Å². The number of hydrogen-bond acceptors (Lipinski definition) is 6. The second kappa shape index (κ2) is 5.66. The van der Waals surface area contributed by atoms with E-state index in [1.807, 2.05) is 0 Å². The van der Waals surface area contributed by atoms with Gasteiger partial charge in [0.05, 0.1) is 24.9 Å². The Morgan fingerprint density at radius 2 is 2.05 bits per heavy atom. The van der Waals surface area contributed by atoms with Crippen molar-refractivity contribution in [3.8, 4) is 0 Å². The van der Waals surface area contributed by atoms with Gasteiger partial charge in [-0.1, -0.05) is 0 Å². The molecule has 0 aliphatic carbocycles. The summed E-state index contributed by atoms with van der Waals surface area (Å²) < 4.78 is 6.63. The van der Waals surface area contributed by atoms with Gasteiger partial charge < -0.3 is 20.1 Å². The van der Waals surface area contributed by atoms with Crippen LogP contribution in [0.25, 0.3) is 0 Å². The molecule has 0 bridgehead atoms. The van der Waals surface area contributed by atoms with Crippen LogP contribution in [0.4, 0.5) is 0 Å². The van der Waals surface area contributed by atoms with Gasteiger partial charge in [0.1, 0.15) is 6.23 Å². The Balaban J connectivity index is 2.33. The molecule has 1 fully saturated rings. The van der Waals surface area contributed by atoms with Crippen LogP contribution in [0.3, 0.4) is 0 Å². The number of nitrogens with zero attached hydrogens (tertiary/aromatic N) is 1. The molecule has 2 rings (SSSR count). The molecule has 4 N–H and O–H groups in total. The minimum absolute atomic E-state index is 0.0520.